The minimum absolute atomic E-state index is 0.0111. The van der Waals surface area contributed by atoms with Crippen molar-refractivity contribution in [2.24, 2.45) is 0 Å². The minimum atomic E-state index is -4.40. The van der Waals surface area contributed by atoms with E-state index < -0.39 is 38.3 Å². The first-order valence-corrected chi connectivity index (χ1v) is 15.5. The van der Waals surface area contributed by atoms with Crippen LogP contribution in [0.4, 0.5) is 15.8 Å². The van der Waals surface area contributed by atoms with Crippen LogP contribution in [0.1, 0.15) is 0 Å². The van der Waals surface area contributed by atoms with Gasteiger partial charge in [-0.25, -0.2) is 21.2 Å². The van der Waals surface area contributed by atoms with Crippen LogP contribution in [0.25, 0.3) is 0 Å². The Morgan fingerprint density at radius 2 is 1.45 bits per heavy atom. The predicted octanol–water partition coefficient (Wildman–Crippen LogP) is 2.71. The topological polar surface area (TPSA) is 141 Å². The minimum Gasteiger partial charge on any atom is -0.495 e. The van der Waals surface area contributed by atoms with Crippen LogP contribution < -0.4 is 23.8 Å². The number of ether oxygens (including phenoxy) is 4. The number of morpholine rings is 1. The zero-order valence-electron chi connectivity index (χ0n) is 23.1. The number of sulfonamides is 2. The second-order valence-electron chi connectivity index (χ2n) is 8.93. The number of rotatable bonds is 11. The summed E-state index contributed by atoms with van der Waals surface area (Å²) in [6, 6.07) is 12.5. The summed E-state index contributed by atoms with van der Waals surface area (Å²) in [6.07, 6.45) is 0. The summed E-state index contributed by atoms with van der Waals surface area (Å²) in [6.45, 7) is 0.124. The van der Waals surface area contributed by atoms with Crippen molar-refractivity contribution in [3.8, 4) is 17.2 Å². The number of carbonyl (C=O) groups is 1. The third kappa shape index (κ3) is 6.59. The molecule has 4 rings (SSSR count). The number of hydrogen-bond donors (Lipinski definition) is 1. The fourth-order valence-electron chi connectivity index (χ4n) is 4.23. The van der Waals surface area contributed by atoms with Gasteiger partial charge in [-0.05, 0) is 54.6 Å². The summed E-state index contributed by atoms with van der Waals surface area (Å²) < 4.78 is 90.7. The van der Waals surface area contributed by atoms with Gasteiger partial charge in [0.15, 0.2) is 11.5 Å². The lowest BCUT2D eigenvalue weighted by molar-refractivity contribution is -0.114. The van der Waals surface area contributed by atoms with Gasteiger partial charge < -0.3 is 24.3 Å². The highest BCUT2D eigenvalue weighted by atomic mass is 32.2. The van der Waals surface area contributed by atoms with Crippen molar-refractivity contribution in [2.45, 2.75) is 9.79 Å². The Kier molecular flexibility index (Phi) is 9.56. The first-order valence-electron chi connectivity index (χ1n) is 12.6. The molecule has 0 unspecified atom stereocenters. The highest BCUT2D eigenvalue weighted by Crippen LogP contribution is 2.33. The van der Waals surface area contributed by atoms with Gasteiger partial charge in [0.25, 0.3) is 10.0 Å². The predicted molar refractivity (Wildman–Crippen MR) is 152 cm³/mol. The van der Waals surface area contributed by atoms with E-state index in [0.717, 1.165) is 16.4 Å². The molecule has 0 bridgehead atoms. The van der Waals surface area contributed by atoms with Crippen molar-refractivity contribution in [3.63, 3.8) is 0 Å². The standard InChI is InChI=1S/C27H30FN3O9S2/c1-37-24-10-8-21(41(33,34)30-12-14-40-15-13-30)16-23(24)29-27(32)18-31(20-6-4-19(28)5-7-20)42(35,36)22-9-11-25(38-2)26(17-22)39-3/h4-11,16-17H,12-15,18H2,1-3H3,(H,29,32). The van der Waals surface area contributed by atoms with Gasteiger partial charge in [0.05, 0.1) is 55.7 Å². The van der Waals surface area contributed by atoms with Crippen LogP contribution >= 0.6 is 0 Å². The molecule has 15 heteroatoms. The third-order valence-corrected chi connectivity index (χ3v) is 10.1. The lowest BCUT2D eigenvalue weighted by Crippen LogP contribution is -2.40. The lowest BCUT2D eigenvalue weighted by Gasteiger charge is -2.26. The van der Waals surface area contributed by atoms with Gasteiger partial charge in [0, 0.05) is 19.2 Å². The van der Waals surface area contributed by atoms with Crippen LogP contribution in [0.2, 0.25) is 0 Å². The van der Waals surface area contributed by atoms with E-state index >= 15 is 0 Å². The average molecular weight is 624 g/mol. The quantitative estimate of drug-likeness (QED) is 0.341. The van der Waals surface area contributed by atoms with Gasteiger partial charge in [-0.15, -0.1) is 0 Å². The van der Waals surface area contributed by atoms with Crippen molar-refractivity contribution in [2.75, 3.05) is 63.8 Å². The molecule has 1 amide bonds. The molecule has 3 aromatic rings. The van der Waals surface area contributed by atoms with Crippen LogP contribution in [-0.4, -0.2) is 81.2 Å². The Hall–Kier alpha value is -3.92. The number of nitrogens with one attached hydrogen (secondary N) is 1. The van der Waals surface area contributed by atoms with E-state index in [1.54, 1.807) is 0 Å². The van der Waals surface area contributed by atoms with Gasteiger partial charge in [0.2, 0.25) is 15.9 Å². The molecule has 12 nitrogen and oxygen atoms in total. The maximum atomic E-state index is 13.8. The summed E-state index contributed by atoms with van der Waals surface area (Å²) in [5.41, 5.74) is 0.0244. The van der Waals surface area contributed by atoms with Gasteiger partial charge in [-0.1, -0.05) is 0 Å². The monoisotopic (exact) mass is 623 g/mol. The summed E-state index contributed by atoms with van der Waals surface area (Å²) in [5, 5.41) is 2.56. The Morgan fingerprint density at radius 3 is 2.07 bits per heavy atom. The first kappa shape index (κ1) is 31.0. The maximum absolute atomic E-state index is 13.8. The molecular weight excluding hydrogens is 593 g/mol. The molecule has 1 saturated heterocycles. The Bertz CT molecular complexity index is 1640. The average Bonchev–Trinajstić information content (AvgIpc) is 3.00. The second kappa shape index (κ2) is 12.9. The molecule has 1 N–H and O–H groups in total. The van der Waals surface area contributed by atoms with Crippen LogP contribution in [0.15, 0.2) is 70.5 Å². The molecule has 0 aromatic heterocycles. The fraction of sp³-hybridized carbons (Fsp3) is 0.296. The maximum Gasteiger partial charge on any atom is 0.264 e. The van der Waals surface area contributed by atoms with Crippen molar-refractivity contribution in [3.05, 3.63) is 66.5 Å². The van der Waals surface area contributed by atoms with E-state index in [9.17, 15) is 26.0 Å². The Labute approximate surface area is 243 Å². The number of hydrogen-bond acceptors (Lipinski definition) is 9. The Balaban J connectivity index is 1.67. The molecule has 1 fully saturated rings. The normalized spacial score (nSPS) is 14.2. The number of amides is 1. The molecule has 0 aliphatic carbocycles. The SMILES string of the molecule is COc1ccc(S(=O)(=O)N2CCOCC2)cc1NC(=O)CN(c1ccc(F)cc1)S(=O)(=O)c1ccc(OC)c(OC)c1. The number of benzene rings is 3. The van der Waals surface area contributed by atoms with Gasteiger partial charge in [-0.3, -0.25) is 9.10 Å². The molecule has 1 aliphatic rings. The molecule has 3 aromatic carbocycles. The molecular formula is C27H30FN3O9S2. The molecule has 226 valence electrons. The largest absolute Gasteiger partial charge is 0.495 e. The van der Waals surface area contributed by atoms with Crippen LogP contribution in [0.3, 0.4) is 0 Å². The van der Waals surface area contributed by atoms with E-state index in [0.29, 0.717) is 5.75 Å². The van der Waals surface area contributed by atoms with E-state index in [4.69, 9.17) is 18.9 Å². The van der Waals surface area contributed by atoms with E-state index in [2.05, 4.69) is 5.32 Å². The summed E-state index contributed by atoms with van der Waals surface area (Å²) in [5.74, 6) is -0.829. The van der Waals surface area contributed by atoms with Crippen molar-refractivity contribution in [1.29, 1.82) is 0 Å². The third-order valence-electron chi connectivity index (χ3n) is 6.40. The highest BCUT2D eigenvalue weighted by molar-refractivity contribution is 7.92. The van der Waals surface area contributed by atoms with E-state index in [1.807, 2.05) is 0 Å². The molecule has 0 spiro atoms. The summed E-state index contributed by atoms with van der Waals surface area (Å²) in [4.78, 5) is 13.0. The van der Waals surface area contributed by atoms with Gasteiger partial charge >= 0.3 is 0 Å². The molecule has 0 saturated carbocycles. The number of anilines is 2. The number of carbonyl (C=O) groups excluding carboxylic acids is 1. The number of methoxy groups -OCH3 is 3. The summed E-state index contributed by atoms with van der Waals surface area (Å²) >= 11 is 0. The van der Waals surface area contributed by atoms with Gasteiger partial charge in [0.1, 0.15) is 18.1 Å². The van der Waals surface area contributed by atoms with Crippen LogP contribution in [-0.2, 0) is 29.6 Å². The second-order valence-corrected chi connectivity index (χ2v) is 12.7. The first-order chi connectivity index (χ1) is 20.0. The van der Waals surface area contributed by atoms with Gasteiger partial charge in [-0.2, -0.15) is 4.31 Å². The smallest absolute Gasteiger partial charge is 0.264 e. The zero-order valence-corrected chi connectivity index (χ0v) is 24.7. The zero-order chi connectivity index (χ0) is 30.5. The molecule has 1 aliphatic heterocycles. The lowest BCUT2D eigenvalue weighted by atomic mass is 10.3. The van der Waals surface area contributed by atoms with Crippen molar-refractivity contribution < 1.29 is 45.0 Å². The van der Waals surface area contributed by atoms with Crippen LogP contribution in [0, 0.1) is 5.82 Å². The van der Waals surface area contributed by atoms with Crippen molar-refractivity contribution >= 4 is 37.3 Å². The molecule has 42 heavy (non-hydrogen) atoms. The fourth-order valence-corrected chi connectivity index (χ4v) is 7.10. The Morgan fingerprint density at radius 1 is 0.857 bits per heavy atom. The molecule has 0 atom stereocenters. The van der Waals surface area contributed by atoms with E-state index in [1.165, 1.54) is 74.2 Å². The molecule has 0 radical (unpaired) electrons. The number of halogens is 1. The van der Waals surface area contributed by atoms with Crippen LogP contribution in [0.5, 0.6) is 17.2 Å². The highest BCUT2D eigenvalue weighted by Gasteiger charge is 2.30. The van der Waals surface area contributed by atoms with Crippen molar-refractivity contribution in [1.82, 2.24) is 4.31 Å². The number of nitrogens with zero attached hydrogens (tertiary/aromatic N) is 2. The van der Waals surface area contributed by atoms with E-state index in [-0.39, 0.29) is 59.0 Å². The summed E-state index contributed by atoms with van der Waals surface area (Å²) in [7, 11) is -4.22. The molecule has 1 heterocycles.